The minimum absolute atomic E-state index is 0.148. The van der Waals surface area contributed by atoms with Crippen molar-refractivity contribution < 1.29 is 14.6 Å². The Balaban J connectivity index is 1.62. The van der Waals surface area contributed by atoms with Crippen molar-refractivity contribution >= 4 is 5.91 Å². The molecule has 0 spiro atoms. The smallest absolute Gasteiger partial charge is 0.291 e. The summed E-state index contributed by atoms with van der Waals surface area (Å²) in [5.41, 5.74) is -0.305. The Labute approximate surface area is 134 Å². The number of β-amino-alcohol motifs (C(OH)–C–C–N with tert-alkyl or cyclic N) is 1. The van der Waals surface area contributed by atoms with Gasteiger partial charge in [-0.3, -0.25) is 4.79 Å². The number of benzene rings is 1. The topological polar surface area (TPSA) is 75.6 Å². The molecule has 2 aromatic rings. The second-order valence-corrected chi connectivity index (χ2v) is 5.82. The first-order valence-corrected chi connectivity index (χ1v) is 7.55. The Morgan fingerprint density at radius 2 is 2.13 bits per heavy atom. The van der Waals surface area contributed by atoms with Gasteiger partial charge in [-0.15, -0.1) is 0 Å². The molecule has 6 nitrogen and oxygen atoms in total. The zero-order valence-electron chi connectivity index (χ0n) is 13.0. The number of rotatable bonds is 4. The molecule has 1 aromatic heterocycles. The number of aliphatic hydroxyl groups is 1. The van der Waals surface area contributed by atoms with Gasteiger partial charge < -0.3 is 14.7 Å². The van der Waals surface area contributed by atoms with Crippen LogP contribution in [0.25, 0.3) is 0 Å². The number of amides is 1. The minimum atomic E-state index is -1.05. The SMILES string of the molecule is Cc1ccnc(C(=O)N2CC[C@@](O)(COc3ccccc3)C2)n1. The van der Waals surface area contributed by atoms with E-state index in [1.807, 2.05) is 37.3 Å². The Bertz CT molecular complexity index is 692. The van der Waals surface area contributed by atoms with Crippen molar-refractivity contribution in [2.45, 2.75) is 18.9 Å². The quantitative estimate of drug-likeness (QED) is 0.924. The number of hydrogen-bond acceptors (Lipinski definition) is 5. The first kappa shape index (κ1) is 15.4. The van der Waals surface area contributed by atoms with Crippen molar-refractivity contribution in [1.82, 2.24) is 14.9 Å². The van der Waals surface area contributed by atoms with E-state index in [0.29, 0.717) is 18.7 Å². The molecule has 1 fully saturated rings. The van der Waals surface area contributed by atoms with Crippen molar-refractivity contribution in [2.24, 2.45) is 0 Å². The third-order valence-corrected chi connectivity index (χ3v) is 3.86. The van der Waals surface area contributed by atoms with E-state index in [9.17, 15) is 9.90 Å². The van der Waals surface area contributed by atoms with Gasteiger partial charge in [-0.05, 0) is 31.5 Å². The maximum Gasteiger partial charge on any atom is 0.291 e. The molecular formula is C17H19N3O3. The number of likely N-dealkylation sites (tertiary alicyclic amines) is 1. The molecule has 1 aliphatic rings. The maximum atomic E-state index is 12.4. The van der Waals surface area contributed by atoms with Crippen LogP contribution in [0.3, 0.4) is 0 Å². The Morgan fingerprint density at radius 3 is 2.87 bits per heavy atom. The zero-order valence-corrected chi connectivity index (χ0v) is 13.0. The van der Waals surface area contributed by atoms with E-state index >= 15 is 0 Å². The maximum absolute atomic E-state index is 12.4. The summed E-state index contributed by atoms with van der Waals surface area (Å²) in [6.45, 7) is 2.64. The fourth-order valence-electron chi connectivity index (χ4n) is 2.58. The van der Waals surface area contributed by atoms with Crippen LogP contribution < -0.4 is 4.74 Å². The molecule has 1 N–H and O–H groups in total. The van der Waals surface area contributed by atoms with Crippen molar-refractivity contribution in [3.05, 3.63) is 54.1 Å². The van der Waals surface area contributed by atoms with Gasteiger partial charge in [0.2, 0.25) is 5.82 Å². The van der Waals surface area contributed by atoms with Crippen molar-refractivity contribution in [2.75, 3.05) is 19.7 Å². The number of ether oxygens (including phenoxy) is 1. The minimum Gasteiger partial charge on any atom is -0.491 e. The van der Waals surface area contributed by atoms with E-state index < -0.39 is 5.60 Å². The first-order chi connectivity index (χ1) is 11.1. The van der Waals surface area contributed by atoms with Crippen molar-refractivity contribution in [3.8, 4) is 5.75 Å². The number of aromatic nitrogens is 2. The van der Waals surface area contributed by atoms with E-state index in [1.54, 1.807) is 17.2 Å². The third-order valence-electron chi connectivity index (χ3n) is 3.86. The Hall–Kier alpha value is -2.47. The lowest BCUT2D eigenvalue weighted by atomic mass is 10.1. The van der Waals surface area contributed by atoms with Crippen LogP contribution >= 0.6 is 0 Å². The average molecular weight is 313 g/mol. The number of carbonyl (C=O) groups excluding carboxylic acids is 1. The standard InChI is InChI=1S/C17H19N3O3/c1-13-7-9-18-15(19-13)16(21)20-10-8-17(22,11-20)12-23-14-5-3-2-4-6-14/h2-7,9,22H,8,10-12H2,1H3/t17-/m0/s1. The lowest BCUT2D eigenvalue weighted by Crippen LogP contribution is -2.41. The van der Waals surface area contributed by atoms with E-state index in [-0.39, 0.29) is 24.9 Å². The van der Waals surface area contributed by atoms with Crippen LogP contribution in [0.5, 0.6) is 5.75 Å². The van der Waals surface area contributed by atoms with Gasteiger partial charge in [-0.1, -0.05) is 18.2 Å². The predicted molar refractivity (Wildman–Crippen MR) is 84.2 cm³/mol. The van der Waals surface area contributed by atoms with E-state index in [0.717, 1.165) is 5.69 Å². The second kappa shape index (κ2) is 6.34. The molecule has 1 aromatic carbocycles. The Kier molecular flexibility index (Phi) is 4.25. The van der Waals surface area contributed by atoms with Crippen LogP contribution in [-0.4, -0.2) is 51.2 Å². The molecule has 1 aliphatic heterocycles. The second-order valence-electron chi connectivity index (χ2n) is 5.82. The lowest BCUT2D eigenvalue weighted by molar-refractivity contribution is 0.00419. The summed E-state index contributed by atoms with van der Waals surface area (Å²) in [6, 6.07) is 11.1. The monoisotopic (exact) mass is 313 g/mol. The molecule has 3 rings (SSSR count). The van der Waals surface area contributed by atoms with Gasteiger partial charge in [-0.2, -0.15) is 0 Å². The fraction of sp³-hybridized carbons (Fsp3) is 0.353. The molecule has 120 valence electrons. The van der Waals surface area contributed by atoms with Crippen LogP contribution in [0.15, 0.2) is 42.6 Å². The van der Waals surface area contributed by atoms with Gasteiger partial charge in [0, 0.05) is 18.4 Å². The highest BCUT2D eigenvalue weighted by Crippen LogP contribution is 2.24. The van der Waals surface area contributed by atoms with Gasteiger partial charge >= 0.3 is 0 Å². The number of aryl methyl sites for hydroxylation is 1. The van der Waals surface area contributed by atoms with Crippen LogP contribution in [-0.2, 0) is 0 Å². The molecule has 2 heterocycles. The molecule has 1 saturated heterocycles. The summed E-state index contributed by atoms with van der Waals surface area (Å²) in [5, 5.41) is 10.6. The summed E-state index contributed by atoms with van der Waals surface area (Å²) in [7, 11) is 0. The van der Waals surface area contributed by atoms with E-state index in [2.05, 4.69) is 9.97 Å². The molecule has 0 unspecified atom stereocenters. The number of nitrogens with zero attached hydrogens (tertiary/aromatic N) is 3. The van der Waals surface area contributed by atoms with Gasteiger partial charge in [0.15, 0.2) is 0 Å². The molecule has 0 bridgehead atoms. The van der Waals surface area contributed by atoms with Crippen LogP contribution in [0.1, 0.15) is 22.7 Å². The summed E-state index contributed by atoms with van der Waals surface area (Å²) >= 11 is 0. The predicted octanol–water partition coefficient (Wildman–Crippen LogP) is 1.44. The normalized spacial score (nSPS) is 20.5. The highest BCUT2D eigenvalue weighted by molar-refractivity contribution is 5.90. The molecule has 1 atom stereocenters. The summed E-state index contributed by atoms with van der Waals surface area (Å²) in [4.78, 5) is 22.1. The number of para-hydroxylation sites is 1. The highest BCUT2D eigenvalue weighted by Gasteiger charge is 2.39. The molecular weight excluding hydrogens is 294 g/mol. The Morgan fingerprint density at radius 1 is 1.35 bits per heavy atom. The third kappa shape index (κ3) is 3.65. The van der Waals surface area contributed by atoms with Crippen LogP contribution in [0.4, 0.5) is 0 Å². The van der Waals surface area contributed by atoms with Crippen molar-refractivity contribution in [3.63, 3.8) is 0 Å². The number of carbonyl (C=O) groups is 1. The van der Waals surface area contributed by atoms with Gasteiger partial charge in [0.05, 0.1) is 6.54 Å². The molecule has 0 radical (unpaired) electrons. The lowest BCUT2D eigenvalue weighted by Gasteiger charge is -2.23. The van der Waals surface area contributed by atoms with Crippen molar-refractivity contribution in [1.29, 1.82) is 0 Å². The zero-order chi connectivity index (χ0) is 16.3. The molecule has 1 amide bonds. The van der Waals surface area contributed by atoms with E-state index in [4.69, 9.17) is 4.74 Å². The molecule has 0 aliphatic carbocycles. The summed E-state index contributed by atoms with van der Waals surface area (Å²) in [5.74, 6) is 0.607. The number of hydrogen-bond donors (Lipinski definition) is 1. The first-order valence-electron chi connectivity index (χ1n) is 7.55. The fourth-order valence-corrected chi connectivity index (χ4v) is 2.58. The highest BCUT2D eigenvalue weighted by atomic mass is 16.5. The van der Waals surface area contributed by atoms with Crippen LogP contribution in [0, 0.1) is 6.92 Å². The molecule has 6 heteroatoms. The summed E-state index contributed by atoms with van der Waals surface area (Å²) < 4.78 is 5.63. The van der Waals surface area contributed by atoms with Gasteiger partial charge in [0.1, 0.15) is 18.0 Å². The van der Waals surface area contributed by atoms with Gasteiger partial charge in [-0.25, -0.2) is 9.97 Å². The van der Waals surface area contributed by atoms with E-state index in [1.165, 1.54) is 0 Å². The average Bonchev–Trinajstić information content (AvgIpc) is 2.96. The van der Waals surface area contributed by atoms with Gasteiger partial charge in [0.25, 0.3) is 5.91 Å². The van der Waals surface area contributed by atoms with Crippen LogP contribution in [0.2, 0.25) is 0 Å². The largest absolute Gasteiger partial charge is 0.491 e. The molecule has 23 heavy (non-hydrogen) atoms. The molecule has 0 saturated carbocycles. The summed E-state index contributed by atoms with van der Waals surface area (Å²) in [6.07, 6.45) is 2.04.